The standard InChI is InChI=1S/C57H95N3O27S2.2Na/c1-49-44-51(6-7-54(49)58-59-55-47-52(88(64,65)66)45-50-46-53(89(67,68)69)48-56(63)57(50)55)60(86-42-40-84-38-36-82-34-30-78-24-18-72-12-4-2-10-70-16-22-76-28-32-80-26-20-74-14-8-61)87-43-41-85-39-37-83-35-31-79-25-19-73-13-5-3-11-71-17-23-77-29-33-81-27-21-75-15-9-62;;/h6-7,44-48,61-63H,2-5,8-43H2,1H3,(H,64,65,66)(H,67,68,69);;/q;2*+1/p-2. The summed E-state index contributed by atoms with van der Waals surface area (Å²) in [5, 5.41) is 37.2. The summed E-state index contributed by atoms with van der Waals surface area (Å²) in [4.78, 5) is 10.3. The third-order valence-corrected chi connectivity index (χ3v) is 13.3. The molecule has 0 amide bonds. The van der Waals surface area contributed by atoms with E-state index in [0.717, 1.165) is 43.9 Å². The molecule has 0 bridgehead atoms. The minimum atomic E-state index is -5.10. The third-order valence-electron chi connectivity index (χ3n) is 11.7. The van der Waals surface area contributed by atoms with Crippen molar-refractivity contribution in [2.75, 3.05) is 243 Å². The minimum absolute atomic E-state index is 0. The van der Waals surface area contributed by atoms with Crippen LogP contribution < -0.4 is 64.3 Å². The summed E-state index contributed by atoms with van der Waals surface area (Å²) in [6.07, 6.45) is 3.46. The van der Waals surface area contributed by atoms with E-state index in [1.807, 2.05) is 0 Å². The minimum Gasteiger partial charge on any atom is -0.744 e. The van der Waals surface area contributed by atoms with Crippen molar-refractivity contribution in [1.82, 2.24) is 0 Å². The molecule has 0 saturated carbocycles. The second-order valence-electron chi connectivity index (χ2n) is 18.6. The van der Waals surface area contributed by atoms with Crippen LogP contribution in [0.15, 0.2) is 62.5 Å². The van der Waals surface area contributed by atoms with Crippen molar-refractivity contribution >= 4 is 48.1 Å². The van der Waals surface area contributed by atoms with Crippen LogP contribution >= 0.6 is 0 Å². The molecule has 0 aliphatic rings. The van der Waals surface area contributed by atoms with Crippen LogP contribution in [-0.2, 0) is 106 Å². The smallest absolute Gasteiger partial charge is 0.744 e. The largest absolute Gasteiger partial charge is 1.00 e. The second kappa shape index (κ2) is 58.3. The SMILES string of the molecule is Cc1cc(N(OCCOCCOCCOCCOCCCCOCCOCCOCCOCCO)OCCOCCOCCOCCOCCCCOCCOCCOCCOCCO)ccc1N=Nc1cc(S(=O)(=O)[O-])cc2cc(S(=O)(=O)[O-])cc(O)c12.[Na+].[Na+]. The van der Waals surface area contributed by atoms with Gasteiger partial charge in [-0.25, -0.2) is 26.5 Å². The molecule has 0 unspecified atom stereocenters. The van der Waals surface area contributed by atoms with Gasteiger partial charge >= 0.3 is 59.1 Å². The number of benzene rings is 3. The van der Waals surface area contributed by atoms with Crippen LogP contribution in [0.5, 0.6) is 5.75 Å². The Morgan fingerprint density at radius 1 is 0.374 bits per heavy atom. The van der Waals surface area contributed by atoms with Crippen LogP contribution in [0.3, 0.4) is 0 Å². The zero-order valence-electron chi connectivity index (χ0n) is 53.1. The fourth-order valence-electron chi connectivity index (χ4n) is 7.29. The van der Waals surface area contributed by atoms with E-state index in [-0.39, 0.29) is 134 Å². The molecular weight excluding hydrogens is 1270 g/mol. The first-order chi connectivity index (χ1) is 43.3. The van der Waals surface area contributed by atoms with Crippen molar-refractivity contribution in [2.24, 2.45) is 10.2 Å². The fraction of sp³-hybridized carbons (Fsp3) is 0.719. The molecule has 0 radical (unpaired) electrons. The number of ether oxygens (including phenoxy) is 16. The van der Waals surface area contributed by atoms with Crippen molar-refractivity contribution in [3.63, 3.8) is 0 Å². The van der Waals surface area contributed by atoms with Crippen LogP contribution in [-0.4, -0.2) is 279 Å². The van der Waals surface area contributed by atoms with Crippen molar-refractivity contribution in [3.8, 4) is 5.75 Å². The first-order valence-electron chi connectivity index (χ1n) is 29.6. The maximum atomic E-state index is 12.0. The van der Waals surface area contributed by atoms with E-state index in [1.165, 1.54) is 5.23 Å². The summed E-state index contributed by atoms with van der Waals surface area (Å²) in [6, 6.07) is 8.06. The Morgan fingerprint density at radius 3 is 0.945 bits per heavy atom. The first-order valence-corrected chi connectivity index (χ1v) is 32.4. The van der Waals surface area contributed by atoms with Crippen LogP contribution in [0.2, 0.25) is 0 Å². The second-order valence-corrected chi connectivity index (χ2v) is 21.4. The van der Waals surface area contributed by atoms with Gasteiger partial charge in [-0.2, -0.15) is 5.11 Å². The van der Waals surface area contributed by atoms with Crippen LogP contribution in [0.25, 0.3) is 10.8 Å². The fourth-order valence-corrected chi connectivity index (χ4v) is 8.35. The van der Waals surface area contributed by atoms with Crippen LogP contribution in [0, 0.1) is 6.92 Å². The molecule has 0 heterocycles. The van der Waals surface area contributed by atoms with Gasteiger partial charge in [0.1, 0.15) is 39.2 Å². The Balaban J connectivity index is 0.0000207. The molecule has 0 aromatic heterocycles. The van der Waals surface area contributed by atoms with E-state index in [4.69, 9.17) is 95.7 Å². The monoisotopic (exact) mass is 1360 g/mol. The molecule has 0 aliphatic carbocycles. The average Bonchev–Trinajstić information content (AvgIpc) is 0.817. The Kier molecular flexibility index (Phi) is 55.8. The van der Waals surface area contributed by atoms with E-state index in [0.29, 0.717) is 202 Å². The van der Waals surface area contributed by atoms with Gasteiger partial charge in [0.25, 0.3) is 0 Å². The summed E-state index contributed by atoms with van der Waals surface area (Å²) >= 11 is 0. The van der Waals surface area contributed by atoms with Gasteiger partial charge in [-0.15, -0.1) is 10.3 Å². The quantitative estimate of drug-likeness (QED) is 0.0174. The number of phenolic OH excluding ortho intramolecular Hbond substituents is 1. The van der Waals surface area contributed by atoms with E-state index in [9.17, 15) is 31.0 Å². The number of phenols is 1. The number of aromatic hydroxyl groups is 1. The number of aryl methyl sites for hydroxylation is 1. The third kappa shape index (κ3) is 45.3. The molecule has 30 nitrogen and oxygen atoms in total. The Morgan fingerprint density at radius 2 is 0.648 bits per heavy atom. The molecule has 0 fully saturated rings. The summed E-state index contributed by atoms with van der Waals surface area (Å²) < 4.78 is 159. The van der Waals surface area contributed by atoms with Gasteiger partial charge in [-0.3, -0.25) is 0 Å². The number of fused-ring (bicyclic) bond motifs is 1. The van der Waals surface area contributed by atoms with Crippen LogP contribution in [0.4, 0.5) is 17.1 Å². The van der Waals surface area contributed by atoms with Gasteiger partial charge < -0.3 is 100 Å². The molecule has 512 valence electrons. The number of azo groups is 1. The number of aliphatic hydroxyl groups is 2. The zero-order valence-corrected chi connectivity index (χ0v) is 58.8. The molecule has 0 atom stereocenters. The maximum absolute atomic E-state index is 12.0. The molecule has 0 spiro atoms. The van der Waals surface area contributed by atoms with Gasteiger partial charge in [0.15, 0.2) is 0 Å². The molecule has 34 heteroatoms. The van der Waals surface area contributed by atoms with Gasteiger partial charge in [0.2, 0.25) is 0 Å². The number of aliphatic hydroxyl groups excluding tert-OH is 2. The maximum Gasteiger partial charge on any atom is 1.00 e. The molecule has 3 aromatic carbocycles. The molecule has 91 heavy (non-hydrogen) atoms. The molecule has 3 rings (SSSR count). The Bertz CT molecular complexity index is 2440. The summed E-state index contributed by atoms with van der Waals surface area (Å²) in [5.41, 5.74) is 0.945. The van der Waals surface area contributed by atoms with Gasteiger partial charge in [0, 0.05) is 26.4 Å². The van der Waals surface area contributed by atoms with Crippen molar-refractivity contribution in [2.45, 2.75) is 42.4 Å². The molecular formula is C57H93N3Na2O27S2. The number of hydrogen-bond donors (Lipinski definition) is 3. The number of rotatable bonds is 63. The average molecular weight is 1360 g/mol. The topological polar surface area (TPSA) is 369 Å². The van der Waals surface area contributed by atoms with E-state index < -0.39 is 35.8 Å². The first kappa shape index (κ1) is 87.2. The van der Waals surface area contributed by atoms with Crippen molar-refractivity contribution in [1.29, 1.82) is 0 Å². The Hall–Kier alpha value is -1.86. The normalized spacial score (nSPS) is 11.9. The van der Waals surface area contributed by atoms with E-state index in [2.05, 4.69) is 10.2 Å². The molecule has 3 aromatic rings. The number of hydrogen-bond acceptors (Lipinski definition) is 30. The summed E-state index contributed by atoms with van der Waals surface area (Å²) in [5.74, 6) is -0.706. The van der Waals surface area contributed by atoms with Crippen LogP contribution in [0.1, 0.15) is 31.2 Å². The summed E-state index contributed by atoms with van der Waals surface area (Å²) in [6.45, 7) is 15.5. The zero-order chi connectivity index (χ0) is 64.1. The van der Waals surface area contributed by atoms with Crippen molar-refractivity contribution in [3.05, 3.63) is 48.0 Å². The predicted molar refractivity (Wildman–Crippen MR) is 317 cm³/mol. The van der Waals surface area contributed by atoms with E-state index in [1.54, 1.807) is 25.1 Å². The van der Waals surface area contributed by atoms with Gasteiger partial charge in [-0.1, -0.05) is 0 Å². The van der Waals surface area contributed by atoms with Gasteiger partial charge in [0.05, 0.1) is 230 Å². The predicted octanol–water partition coefficient (Wildman–Crippen LogP) is -2.43. The van der Waals surface area contributed by atoms with Crippen molar-refractivity contribution < 1.29 is 186 Å². The van der Waals surface area contributed by atoms with E-state index >= 15 is 0 Å². The van der Waals surface area contributed by atoms with Gasteiger partial charge in [-0.05, 0) is 86.0 Å². The molecule has 3 N–H and O–H groups in total. The molecule has 0 saturated heterocycles. The molecule has 0 aliphatic heterocycles. The summed E-state index contributed by atoms with van der Waals surface area (Å²) in [7, 11) is -10.2. The number of nitrogens with zero attached hydrogens (tertiary/aromatic N) is 3. The number of unbranched alkanes of at least 4 members (excludes halogenated alkanes) is 2. The Labute approximate surface area is 579 Å². The number of anilines is 1.